The van der Waals surface area contributed by atoms with Gasteiger partial charge in [0.1, 0.15) is 30.8 Å². The van der Waals surface area contributed by atoms with Gasteiger partial charge < -0.3 is 19.7 Å². The molecule has 1 N–H and O–H groups in total. The molecule has 4 rings (SSSR count). The Balaban J connectivity index is 1.36. The largest absolute Gasteiger partial charge is 0.492 e. The molecule has 1 aliphatic heterocycles. The van der Waals surface area contributed by atoms with Gasteiger partial charge in [0, 0.05) is 24.7 Å². The van der Waals surface area contributed by atoms with Gasteiger partial charge in [0.2, 0.25) is 11.8 Å². The number of rotatable bonds is 9. The Hall–Kier alpha value is -3.88. The molecule has 1 fully saturated rings. The zero-order valence-corrected chi connectivity index (χ0v) is 17.8. The van der Waals surface area contributed by atoms with Crippen LogP contribution < -0.4 is 19.7 Å². The summed E-state index contributed by atoms with van der Waals surface area (Å²) in [4.78, 5) is 31.0. The van der Waals surface area contributed by atoms with Crippen LogP contribution in [0.3, 0.4) is 0 Å². The SMILES string of the molecule is CCOc1ccccc1N1CC(C(=O)Nc2cccc(OCCn3cncn3)c2)CC1=O. The van der Waals surface area contributed by atoms with Crippen molar-refractivity contribution in [3.63, 3.8) is 0 Å². The summed E-state index contributed by atoms with van der Waals surface area (Å²) >= 11 is 0. The number of benzene rings is 2. The van der Waals surface area contributed by atoms with Gasteiger partial charge in [-0.3, -0.25) is 9.59 Å². The first-order chi connectivity index (χ1) is 15.6. The monoisotopic (exact) mass is 435 g/mol. The van der Waals surface area contributed by atoms with Crippen molar-refractivity contribution in [2.45, 2.75) is 19.9 Å². The van der Waals surface area contributed by atoms with E-state index in [4.69, 9.17) is 9.47 Å². The number of nitrogens with zero attached hydrogens (tertiary/aromatic N) is 4. The number of carbonyl (C=O) groups excluding carboxylic acids is 2. The molecule has 0 aliphatic carbocycles. The maximum atomic E-state index is 12.8. The predicted octanol–water partition coefficient (Wildman–Crippen LogP) is 2.75. The van der Waals surface area contributed by atoms with Crippen LogP contribution in [0.25, 0.3) is 0 Å². The molecular weight excluding hydrogens is 410 g/mol. The highest BCUT2D eigenvalue weighted by Gasteiger charge is 2.36. The molecule has 3 aromatic rings. The minimum Gasteiger partial charge on any atom is -0.492 e. The summed E-state index contributed by atoms with van der Waals surface area (Å²) in [5.74, 6) is 0.531. The maximum Gasteiger partial charge on any atom is 0.229 e. The fraction of sp³-hybridized carbons (Fsp3) is 0.304. The molecule has 1 unspecified atom stereocenters. The van der Waals surface area contributed by atoms with Gasteiger partial charge in [-0.15, -0.1) is 0 Å². The first-order valence-corrected chi connectivity index (χ1v) is 10.5. The van der Waals surface area contributed by atoms with Gasteiger partial charge in [0.15, 0.2) is 0 Å². The van der Waals surface area contributed by atoms with Gasteiger partial charge in [-0.05, 0) is 31.2 Å². The van der Waals surface area contributed by atoms with E-state index in [0.717, 1.165) is 0 Å². The third-order valence-corrected chi connectivity index (χ3v) is 5.11. The maximum absolute atomic E-state index is 12.8. The second-order valence-corrected chi connectivity index (χ2v) is 7.33. The smallest absolute Gasteiger partial charge is 0.229 e. The fourth-order valence-electron chi connectivity index (χ4n) is 3.59. The Bertz CT molecular complexity index is 1070. The molecule has 1 aliphatic rings. The summed E-state index contributed by atoms with van der Waals surface area (Å²) < 4.78 is 13.1. The van der Waals surface area contributed by atoms with Gasteiger partial charge in [-0.2, -0.15) is 5.10 Å². The Morgan fingerprint density at radius 3 is 2.88 bits per heavy atom. The van der Waals surface area contributed by atoms with E-state index in [-0.39, 0.29) is 18.2 Å². The molecule has 2 amide bonds. The van der Waals surface area contributed by atoms with E-state index in [0.29, 0.717) is 49.2 Å². The van der Waals surface area contributed by atoms with Gasteiger partial charge in [-0.25, -0.2) is 9.67 Å². The Labute approximate surface area is 186 Å². The minimum atomic E-state index is -0.450. The van der Waals surface area contributed by atoms with Crippen molar-refractivity contribution in [3.05, 3.63) is 61.2 Å². The highest BCUT2D eigenvalue weighted by atomic mass is 16.5. The van der Waals surface area contributed by atoms with Gasteiger partial charge in [0.25, 0.3) is 0 Å². The van der Waals surface area contributed by atoms with Crippen LogP contribution >= 0.6 is 0 Å². The normalized spacial score (nSPS) is 15.6. The summed E-state index contributed by atoms with van der Waals surface area (Å²) in [7, 11) is 0. The molecule has 1 saturated heterocycles. The van der Waals surface area contributed by atoms with Crippen molar-refractivity contribution in [1.82, 2.24) is 14.8 Å². The number of para-hydroxylation sites is 2. The highest BCUT2D eigenvalue weighted by molar-refractivity contribution is 6.04. The first kappa shape index (κ1) is 21.4. The topological polar surface area (TPSA) is 98.6 Å². The average molecular weight is 435 g/mol. The lowest BCUT2D eigenvalue weighted by molar-refractivity contribution is -0.122. The van der Waals surface area contributed by atoms with E-state index < -0.39 is 5.92 Å². The Morgan fingerprint density at radius 2 is 2.06 bits per heavy atom. The van der Waals surface area contributed by atoms with Crippen molar-refractivity contribution in [1.29, 1.82) is 0 Å². The first-order valence-electron chi connectivity index (χ1n) is 10.5. The summed E-state index contributed by atoms with van der Waals surface area (Å²) in [6, 6.07) is 14.6. The molecule has 1 aromatic heterocycles. The molecule has 9 heteroatoms. The van der Waals surface area contributed by atoms with Crippen molar-refractivity contribution < 1.29 is 19.1 Å². The van der Waals surface area contributed by atoms with Crippen LogP contribution in [0.2, 0.25) is 0 Å². The third kappa shape index (κ3) is 5.05. The number of hydrogen-bond donors (Lipinski definition) is 1. The van der Waals surface area contributed by atoms with Crippen LogP contribution in [0, 0.1) is 5.92 Å². The van der Waals surface area contributed by atoms with E-state index in [2.05, 4.69) is 15.4 Å². The highest BCUT2D eigenvalue weighted by Crippen LogP contribution is 2.33. The quantitative estimate of drug-likeness (QED) is 0.555. The molecule has 2 heterocycles. The number of hydrogen-bond acceptors (Lipinski definition) is 6. The van der Waals surface area contributed by atoms with Crippen molar-refractivity contribution in [2.75, 3.05) is 30.0 Å². The van der Waals surface area contributed by atoms with E-state index in [1.165, 1.54) is 6.33 Å². The zero-order valence-electron chi connectivity index (χ0n) is 17.8. The summed E-state index contributed by atoms with van der Waals surface area (Å²) in [5.41, 5.74) is 1.31. The van der Waals surface area contributed by atoms with Gasteiger partial charge in [0.05, 0.1) is 24.8 Å². The number of nitrogens with one attached hydrogen (secondary N) is 1. The second-order valence-electron chi connectivity index (χ2n) is 7.33. The molecule has 0 radical (unpaired) electrons. The molecule has 2 aromatic carbocycles. The van der Waals surface area contributed by atoms with Gasteiger partial charge >= 0.3 is 0 Å². The molecule has 0 spiro atoms. The van der Waals surface area contributed by atoms with Crippen LogP contribution in [-0.4, -0.2) is 46.3 Å². The molecule has 166 valence electrons. The van der Waals surface area contributed by atoms with Crippen molar-refractivity contribution in [2.24, 2.45) is 5.92 Å². The number of ether oxygens (including phenoxy) is 2. The molecule has 1 atom stereocenters. The van der Waals surface area contributed by atoms with E-state index in [9.17, 15) is 9.59 Å². The Morgan fingerprint density at radius 1 is 1.19 bits per heavy atom. The zero-order chi connectivity index (χ0) is 22.3. The fourth-order valence-corrected chi connectivity index (χ4v) is 3.59. The average Bonchev–Trinajstić information content (AvgIpc) is 3.45. The van der Waals surface area contributed by atoms with E-state index >= 15 is 0 Å². The van der Waals surface area contributed by atoms with Crippen molar-refractivity contribution >= 4 is 23.2 Å². The second kappa shape index (κ2) is 9.95. The molecule has 0 saturated carbocycles. The van der Waals surface area contributed by atoms with Crippen molar-refractivity contribution in [3.8, 4) is 11.5 Å². The molecule has 32 heavy (non-hydrogen) atoms. The number of anilines is 2. The summed E-state index contributed by atoms with van der Waals surface area (Å²) in [6.45, 7) is 3.69. The number of carbonyl (C=O) groups is 2. The van der Waals surface area contributed by atoms with Crippen LogP contribution in [-0.2, 0) is 16.1 Å². The van der Waals surface area contributed by atoms with E-state index in [1.807, 2.05) is 43.3 Å². The predicted molar refractivity (Wildman–Crippen MR) is 119 cm³/mol. The summed E-state index contributed by atoms with van der Waals surface area (Å²) in [6.07, 6.45) is 3.25. The lowest BCUT2D eigenvalue weighted by Crippen LogP contribution is -2.28. The lowest BCUT2D eigenvalue weighted by Gasteiger charge is -2.20. The number of amides is 2. The lowest BCUT2D eigenvalue weighted by atomic mass is 10.1. The van der Waals surface area contributed by atoms with Crippen LogP contribution in [0.15, 0.2) is 61.2 Å². The van der Waals surface area contributed by atoms with Crippen LogP contribution in [0.5, 0.6) is 11.5 Å². The van der Waals surface area contributed by atoms with Crippen LogP contribution in [0.1, 0.15) is 13.3 Å². The van der Waals surface area contributed by atoms with E-state index in [1.54, 1.807) is 28.0 Å². The van der Waals surface area contributed by atoms with Gasteiger partial charge in [-0.1, -0.05) is 18.2 Å². The number of aromatic nitrogens is 3. The molecule has 9 nitrogen and oxygen atoms in total. The van der Waals surface area contributed by atoms with Crippen LogP contribution in [0.4, 0.5) is 11.4 Å². The third-order valence-electron chi connectivity index (χ3n) is 5.11. The minimum absolute atomic E-state index is 0.0949. The molecule has 0 bridgehead atoms. The standard InChI is InChI=1S/C23H25N5O4/c1-2-31-21-9-4-3-8-20(21)28-14-17(12-22(28)29)23(30)26-18-6-5-7-19(13-18)32-11-10-27-16-24-15-25-27/h3-9,13,15-17H,2,10-12,14H2,1H3,(H,26,30). The molecular formula is C23H25N5O4. The summed E-state index contributed by atoms with van der Waals surface area (Å²) in [5, 5.41) is 6.93. The Kier molecular flexibility index (Phi) is 6.64.